The zero-order chi connectivity index (χ0) is 26.8. The molecule has 0 unspecified atom stereocenters. The number of rotatable bonds is 9. The maximum atomic E-state index is 13.3. The molecule has 0 bridgehead atoms. The maximum absolute atomic E-state index is 13.3. The zero-order valence-corrected chi connectivity index (χ0v) is 20.9. The normalized spacial score (nSPS) is 17.0. The third-order valence-electron chi connectivity index (χ3n) is 6.90. The minimum Gasteiger partial charge on any atom is -0.395 e. The van der Waals surface area contributed by atoms with E-state index in [1.807, 2.05) is 4.90 Å². The fraction of sp³-hybridized carbons (Fsp3) is 0.500. The minimum atomic E-state index is -4.43. The molecule has 1 aromatic heterocycles. The number of aromatic nitrogens is 1. The van der Waals surface area contributed by atoms with Crippen LogP contribution in [0, 0.1) is 5.41 Å². The van der Waals surface area contributed by atoms with Crippen molar-refractivity contribution in [3.63, 3.8) is 0 Å². The van der Waals surface area contributed by atoms with Crippen LogP contribution < -0.4 is 20.5 Å². The Morgan fingerprint density at radius 1 is 1.11 bits per heavy atom. The first kappa shape index (κ1) is 27.0. The number of hydrogen-bond donors (Lipinski definition) is 3. The first-order chi connectivity index (χ1) is 17.4. The third kappa shape index (κ3) is 6.83. The van der Waals surface area contributed by atoms with Crippen molar-refractivity contribution in [2.45, 2.75) is 44.8 Å². The SMILES string of the molecule is O=C(Nc1cccn(CCC(F)(F)F)c1=O)c1ccc(NS(=O)(=O)CCO)cc1N1CCC2(CC1)CC2. The smallest absolute Gasteiger partial charge is 0.390 e. The Bertz CT molecular complexity index is 1310. The number of nitrogens with one attached hydrogen (secondary N) is 2. The molecule has 0 radical (unpaired) electrons. The van der Waals surface area contributed by atoms with Crippen molar-refractivity contribution in [3.05, 3.63) is 52.4 Å². The number of benzene rings is 1. The van der Waals surface area contributed by atoms with Gasteiger partial charge in [0.25, 0.3) is 11.5 Å². The van der Waals surface area contributed by atoms with E-state index in [0.717, 1.165) is 17.4 Å². The highest BCUT2D eigenvalue weighted by Gasteiger charge is 2.44. The van der Waals surface area contributed by atoms with Crippen LogP contribution in [0.5, 0.6) is 0 Å². The quantitative estimate of drug-likeness (QED) is 0.448. The predicted molar refractivity (Wildman–Crippen MR) is 133 cm³/mol. The van der Waals surface area contributed by atoms with Crippen molar-refractivity contribution in [1.29, 1.82) is 0 Å². The number of nitrogens with zero attached hydrogens (tertiary/aromatic N) is 2. The van der Waals surface area contributed by atoms with Crippen molar-refractivity contribution in [2.75, 3.05) is 40.4 Å². The molecular formula is C24H29F3N4O5S. The summed E-state index contributed by atoms with van der Waals surface area (Å²) in [5, 5.41) is 11.5. The molecule has 1 saturated carbocycles. The summed E-state index contributed by atoms with van der Waals surface area (Å²) in [4.78, 5) is 27.9. The number of pyridine rings is 1. The van der Waals surface area contributed by atoms with E-state index in [2.05, 4.69) is 10.0 Å². The number of aliphatic hydroxyl groups is 1. The molecule has 2 aromatic rings. The molecule has 4 rings (SSSR count). The summed E-state index contributed by atoms with van der Waals surface area (Å²) in [5.41, 5.74) is 0.325. The summed E-state index contributed by atoms with van der Waals surface area (Å²) in [6, 6.07) is 7.09. The lowest BCUT2D eigenvalue weighted by atomic mass is 9.93. The van der Waals surface area contributed by atoms with Crippen LogP contribution in [-0.2, 0) is 16.6 Å². The number of aliphatic hydroxyl groups excluding tert-OH is 1. The Balaban J connectivity index is 1.60. The molecule has 1 amide bonds. The van der Waals surface area contributed by atoms with Crippen LogP contribution in [0.1, 0.15) is 42.5 Å². The number of sulfonamides is 1. The number of carbonyl (C=O) groups is 1. The molecule has 1 aliphatic heterocycles. The van der Waals surface area contributed by atoms with Gasteiger partial charge >= 0.3 is 6.18 Å². The molecule has 9 nitrogen and oxygen atoms in total. The maximum Gasteiger partial charge on any atom is 0.390 e. The van der Waals surface area contributed by atoms with Gasteiger partial charge in [0.2, 0.25) is 10.0 Å². The number of aryl methyl sites for hydroxylation is 1. The molecule has 0 atom stereocenters. The molecule has 37 heavy (non-hydrogen) atoms. The average Bonchev–Trinajstić information content (AvgIpc) is 3.57. The number of piperidine rings is 1. The van der Waals surface area contributed by atoms with Gasteiger partial charge in [0, 0.05) is 25.8 Å². The molecule has 1 saturated heterocycles. The summed E-state index contributed by atoms with van der Waals surface area (Å²) < 4.78 is 65.4. The molecule has 1 spiro atoms. The van der Waals surface area contributed by atoms with Gasteiger partial charge in [-0.3, -0.25) is 14.3 Å². The fourth-order valence-corrected chi connectivity index (χ4v) is 5.37. The summed E-state index contributed by atoms with van der Waals surface area (Å²) in [6.45, 7) is 0.218. The standard InChI is InChI=1S/C24H29F3N4O5S/c25-24(26,27)9-13-31-10-1-2-19(22(31)34)28-21(33)18-4-3-17(29-37(35,36)15-14-32)16-20(18)30-11-7-23(5-6-23)8-12-30/h1-4,10,16,29,32H,5-9,11-15H2,(H,28,33). The number of hydrogen-bond acceptors (Lipinski definition) is 6. The molecule has 3 N–H and O–H groups in total. The van der Waals surface area contributed by atoms with Gasteiger partial charge < -0.3 is 19.9 Å². The second kappa shape index (κ2) is 10.4. The van der Waals surface area contributed by atoms with E-state index in [1.165, 1.54) is 43.3 Å². The Kier molecular flexibility index (Phi) is 7.56. The van der Waals surface area contributed by atoms with Crippen LogP contribution in [0.25, 0.3) is 0 Å². The summed E-state index contributed by atoms with van der Waals surface area (Å²) in [6.07, 6.45) is -0.161. The van der Waals surface area contributed by atoms with Crippen molar-refractivity contribution in [2.24, 2.45) is 5.41 Å². The number of anilines is 3. The second-order valence-corrected chi connectivity index (χ2v) is 11.4. The molecular weight excluding hydrogens is 513 g/mol. The monoisotopic (exact) mass is 542 g/mol. The lowest BCUT2D eigenvalue weighted by molar-refractivity contribution is -0.136. The first-order valence-corrected chi connectivity index (χ1v) is 13.6. The van der Waals surface area contributed by atoms with Crippen LogP contribution in [0.3, 0.4) is 0 Å². The highest BCUT2D eigenvalue weighted by atomic mass is 32.2. The fourth-order valence-electron chi connectivity index (χ4n) is 4.54. The second-order valence-electron chi connectivity index (χ2n) is 9.60. The van der Waals surface area contributed by atoms with E-state index in [9.17, 15) is 31.2 Å². The molecule has 2 aliphatic rings. The molecule has 1 aliphatic carbocycles. The Labute approximate surface area is 212 Å². The minimum absolute atomic E-state index is 0.163. The van der Waals surface area contributed by atoms with Gasteiger partial charge in [0.1, 0.15) is 5.69 Å². The van der Waals surface area contributed by atoms with Crippen LogP contribution in [0.15, 0.2) is 41.3 Å². The van der Waals surface area contributed by atoms with E-state index >= 15 is 0 Å². The van der Waals surface area contributed by atoms with Crippen LogP contribution in [0.2, 0.25) is 0 Å². The van der Waals surface area contributed by atoms with Crippen LogP contribution >= 0.6 is 0 Å². The number of carbonyl (C=O) groups excluding carboxylic acids is 1. The highest BCUT2D eigenvalue weighted by molar-refractivity contribution is 7.92. The van der Waals surface area contributed by atoms with E-state index in [1.54, 1.807) is 6.07 Å². The number of halogens is 3. The third-order valence-corrected chi connectivity index (χ3v) is 8.17. The van der Waals surface area contributed by atoms with E-state index < -0.39 is 53.0 Å². The van der Waals surface area contributed by atoms with Gasteiger partial charge in [-0.15, -0.1) is 0 Å². The number of amides is 1. The van der Waals surface area contributed by atoms with Crippen molar-refractivity contribution in [3.8, 4) is 0 Å². The summed E-state index contributed by atoms with van der Waals surface area (Å²) >= 11 is 0. The lowest BCUT2D eigenvalue weighted by Crippen LogP contribution is -2.36. The van der Waals surface area contributed by atoms with Gasteiger partial charge in [-0.05, 0) is 61.4 Å². The average molecular weight is 543 g/mol. The molecule has 202 valence electrons. The van der Waals surface area contributed by atoms with E-state index in [4.69, 9.17) is 5.11 Å². The largest absolute Gasteiger partial charge is 0.395 e. The molecule has 13 heteroatoms. The topological polar surface area (TPSA) is 121 Å². The van der Waals surface area contributed by atoms with Gasteiger partial charge in [-0.25, -0.2) is 8.42 Å². The number of alkyl halides is 3. The van der Waals surface area contributed by atoms with E-state index in [-0.39, 0.29) is 16.9 Å². The van der Waals surface area contributed by atoms with Gasteiger partial charge in [-0.1, -0.05) is 0 Å². The van der Waals surface area contributed by atoms with Crippen molar-refractivity contribution < 1.29 is 31.5 Å². The Morgan fingerprint density at radius 3 is 2.43 bits per heavy atom. The summed E-state index contributed by atoms with van der Waals surface area (Å²) in [7, 11) is -3.79. The van der Waals surface area contributed by atoms with Gasteiger partial charge in [-0.2, -0.15) is 13.2 Å². The molecule has 2 fully saturated rings. The Morgan fingerprint density at radius 2 is 1.81 bits per heavy atom. The van der Waals surface area contributed by atoms with Gasteiger partial charge in [0.15, 0.2) is 0 Å². The van der Waals surface area contributed by atoms with Crippen molar-refractivity contribution in [1.82, 2.24) is 4.57 Å². The van der Waals surface area contributed by atoms with Gasteiger partial charge in [0.05, 0.1) is 35.7 Å². The van der Waals surface area contributed by atoms with Crippen LogP contribution in [-0.4, -0.2) is 55.6 Å². The highest BCUT2D eigenvalue weighted by Crippen LogP contribution is 2.54. The summed E-state index contributed by atoms with van der Waals surface area (Å²) in [5.74, 6) is -1.12. The molecule has 2 heterocycles. The zero-order valence-electron chi connectivity index (χ0n) is 20.1. The molecule has 1 aromatic carbocycles. The predicted octanol–water partition coefficient (Wildman–Crippen LogP) is 3.17. The van der Waals surface area contributed by atoms with Crippen LogP contribution in [0.4, 0.5) is 30.2 Å². The van der Waals surface area contributed by atoms with Crippen molar-refractivity contribution >= 4 is 33.0 Å². The first-order valence-electron chi connectivity index (χ1n) is 12.0. The van der Waals surface area contributed by atoms with E-state index in [0.29, 0.717) is 24.2 Å². The Hall–Kier alpha value is -3.06. The lowest BCUT2D eigenvalue weighted by Gasteiger charge is -2.35.